The zero-order chi connectivity index (χ0) is 10.8. The molecule has 1 aliphatic heterocycles. The van der Waals surface area contributed by atoms with E-state index >= 15 is 0 Å². The monoisotopic (exact) mass is 216 g/mol. The van der Waals surface area contributed by atoms with Crippen molar-refractivity contribution in [3.05, 3.63) is 0 Å². The van der Waals surface area contributed by atoms with Gasteiger partial charge in [-0.15, -0.1) is 11.8 Å². The molecule has 0 saturated carbocycles. The number of rotatable bonds is 3. The van der Waals surface area contributed by atoms with Crippen LogP contribution in [0, 0.1) is 0 Å². The van der Waals surface area contributed by atoms with E-state index in [0.29, 0.717) is 6.54 Å². The predicted molar refractivity (Wildman–Crippen MR) is 61.4 cm³/mol. The summed E-state index contributed by atoms with van der Waals surface area (Å²) in [5.41, 5.74) is 5.29. The van der Waals surface area contributed by atoms with Crippen LogP contribution in [0.25, 0.3) is 0 Å². The predicted octanol–water partition coefficient (Wildman–Crippen LogP) is 1.13. The maximum atomic E-state index is 12.0. The van der Waals surface area contributed by atoms with Crippen molar-refractivity contribution in [3.8, 4) is 0 Å². The Morgan fingerprint density at radius 2 is 2.29 bits per heavy atom. The van der Waals surface area contributed by atoms with Gasteiger partial charge in [-0.25, -0.2) is 0 Å². The Morgan fingerprint density at radius 1 is 1.64 bits per heavy atom. The lowest BCUT2D eigenvalue weighted by Gasteiger charge is -2.30. The second-order valence-corrected chi connectivity index (χ2v) is 6.32. The van der Waals surface area contributed by atoms with E-state index in [-0.39, 0.29) is 16.2 Å². The molecule has 0 aromatic heterocycles. The molecule has 1 aliphatic rings. The van der Waals surface area contributed by atoms with Crippen LogP contribution in [0.5, 0.6) is 0 Å². The van der Waals surface area contributed by atoms with E-state index in [1.807, 2.05) is 20.8 Å². The summed E-state index contributed by atoms with van der Waals surface area (Å²) >= 11 is 1.75. The van der Waals surface area contributed by atoms with Crippen LogP contribution in [0.2, 0.25) is 0 Å². The third kappa shape index (κ3) is 2.64. The van der Waals surface area contributed by atoms with E-state index in [1.54, 1.807) is 11.8 Å². The first-order valence-electron chi connectivity index (χ1n) is 5.06. The van der Waals surface area contributed by atoms with Gasteiger partial charge in [0.25, 0.3) is 0 Å². The zero-order valence-corrected chi connectivity index (χ0v) is 10.0. The highest BCUT2D eigenvalue weighted by Gasteiger charge is 2.38. The van der Waals surface area contributed by atoms with Crippen LogP contribution < -0.4 is 11.1 Å². The first-order valence-corrected chi connectivity index (χ1v) is 6.05. The molecule has 3 nitrogen and oxygen atoms in total. The van der Waals surface area contributed by atoms with E-state index < -0.39 is 0 Å². The lowest BCUT2D eigenvalue weighted by Crippen LogP contribution is -2.54. The van der Waals surface area contributed by atoms with E-state index in [9.17, 15) is 4.79 Å². The molecule has 1 rings (SSSR count). The Bertz CT molecular complexity index is 222. The van der Waals surface area contributed by atoms with Crippen LogP contribution in [-0.4, -0.2) is 28.5 Å². The van der Waals surface area contributed by atoms with Crippen molar-refractivity contribution in [1.29, 1.82) is 0 Å². The van der Waals surface area contributed by atoms with E-state index in [2.05, 4.69) is 5.32 Å². The first kappa shape index (κ1) is 11.9. The molecule has 4 heteroatoms. The molecule has 0 aromatic carbocycles. The molecule has 0 spiro atoms. The van der Waals surface area contributed by atoms with E-state index in [0.717, 1.165) is 18.6 Å². The van der Waals surface area contributed by atoms with Crippen LogP contribution in [0.15, 0.2) is 0 Å². The number of nitrogens with one attached hydrogen (secondary N) is 1. The fraction of sp³-hybridized carbons (Fsp3) is 0.900. The molecule has 1 fully saturated rings. The molecule has 1 unspecified atom stereocenters. The van der Waals surface area contributed by atoms with Gasteiger partial charge in [0.1, 0.15) is 0 Å². The van der Waals surface area contributed by atoms with Gasteiger partial charge in [0, 0.05) is 12.1 Å². The number of thioether (sulfide) groups is 1. The molecular formula is C10H20N2OS. The highest BCUT2D eigenvalue weighted by atomic mass is 32.2. The molecule has 0 aromatic rings. The summed E-state index contributed by atoms with van der Waals surface area (Å²) < 4.78 is -0.230. The summed E-state index contributed by atoms with van der Waals surface area (Å²) in [6.07, 6.45) is 2.11. The first-order chi connectivity index (χ1) is 6.40. The fourth-order valence-electron chi connectivity index (χ4n) is 1.45. The summed E-state index contributed by atoms with van der Waals surface area (Å²) in [4.78, 5) is 12.0. The molecule has 0 radical (unpaired) electrons. The van der Waals surface area contributed by atoms with Crippen LogP contribution in [0.4, 0.5) is 0 Å². The van der Waals surface area contributed by atoms with Gasteiger partial charge in [0.05, 0.1) is 4.75 Å². The van der Waals surface area contributed by atoms with Gasteiger partial charge in [0.2, 0.25) is 5.91 Å². The maximum Gasteiger partial charge on any atom is 0.236 e. The molecule has 0 bridgehead atoms. The van der Waals surface area contributed by atoms with Crippen molar-refractivity contribution >= 4 is 17.7 Å². The number of amides is 1. The van der Waals surface area contributed by atoms with Crippen LogP contribution in [-0.2, 0) is 4.79 Å². The average molecular weight is 216 g/mol. The highest BCUT2D eigenvalue weighted by Crippen LogP contribution is 2.38. The zero-order valence-electron chi connectivity index (χ0n) is 9.22. The Balaban J connectivity index is 2.57. The largest absolute Gasteiger partial charge is 0.349 e. The summed E-state index contributed by atoms with van der Waals surface area (Å²) in [5, 5.41) is 3.00. The summed E-state index contributed by atoms with van der Waals surface area (Å²) in [7, 11) is 0. The van der Waals surface area contributed by atoms with Crippen molar-refractivity contribution in [3.63, 3.8) is 0 Å². The van der Waals surface area contributed by atoms with Gasteiger partial charge in [0.15, 0.2) is 0 Å². The molecule has 0 aliphatic carbocycles. The molecule has 1 heterocycles. The van der Waals surface area contributed by atoms with Crippen molar-refractivity contribution in [1.82, 2.24) is 5.32 Å². The minimum atomic E-state index is -0.288. The van der Waals surface area contributed by atoms with Gasteiger partial charge < -0.3 is 11.1 Å². The summed E-state index contributed by atoms with van der Waals surface area (Å²) in [5.74, 6) is 1.22. The average Bonchev–Trinajstić information content (AvgIpc) is 2.53. The van der Waals surface area contributed by atoms with Gasteiger partial charge >= 0.3 is 0 Å². The van der Waals surface area contributed by atoms with Gasteiger partial charge in [-0.05, 0) is 39.4 Å². The number of hydrogen-bond donors (Lipinski definition) is 2. The molecule has 1 amide bonds. The van der Waals surface area contributed by atoms with Crippen molar-refractivity contribution < 1.29 is 4.79 Å². The molecule has 3 N–H and O–H groups in total. The normalized spacial score (nSPS) is 27.7. The Kier molecular flexibility index (Phi) is 3.48. The third-order valence-corrected chi connectivity index (χ3v) is 4.18. The Morgan fingerprint density at radius 3 is 2.71 bits per heavy atom. The van der Waals surface area contributed by atoms with Gasteiger partial charge in [-0.3, -0.25) is 4.79 Å². The lowest BCUT2D eigenvalue weighted by molar-refractivity contribution is -0.124. The minimum absolute atomic E-state index is 0.135. The lowest BCUT2D eigenvalue weighted by atomic mass is 10.0. The summed E-state index contributed by atoms with van der Waals surface area (Å²) in [6, 6.07) is 0. The second-order valence-electron chi connectivity index (χ2n) is 4.73. The van der Waals surface area contributed by atoms with E-state index in [1.165, 1.54) is 0 Å². The Hall–Kier alpha value is -0.220. The van der Waals surface area contributed by atoms with Crippen LogP contribution >= 0.6 is 11.8 Å². The SMILES string of the molecule is CC(C)(CN)NC(=O)C1(C)CCCS1. The Labute approximate surface area is 90.2 Å². The molecule has 14 heavy (non-hydrogen) atoms. The van der Waals surface area contributed by atoms with Crippen LogP contribution in [0.1, 0.15) is 33.6 Å². The molecule has 1 atom stereocenters. The second kappa shape index (κ2) is 4.11. The number of nitrogens with two attached hydrogens (primary N) is 1. The number of carbonyl (C=O) groups is 1. The standard InChI is InChI=1S/C10H20N2OS/c1-9(2,7-11)12-8(13)10(3)5-4-6-14-10/h4-7,11H2,1-3H3,(H,12,13). The van der Waals surface area contributed by atoms with Crippen molar-refractivity contribution in [2.45, 2.75) is 43.9 Å². The quantitative estimate of drug-likeness (QED) is 0.743. The topological polar surface area (TPSA) is 55.1 Å². The fourth-order valence-corrected chi connectivity index (χ4v) is 2.66. The van der Waals surface area contributed by atoms with Gasteiger partial charge in [-0.2, -0.15) is 0 Å². The third-order valence-electron chi connectivity index (χ3n) is 2.66. The molecule has 1 saturated heterocycles. The smallest absolute Gasteiger partial charge is 0.236 e. The maximum absolute atomic E-state index is 12.0. The number of carbonyl (C=O) groups excluding carboxylic acids is 1. The number of hydrogen-bond acceptors (Lipinski definition) is 3. The van der Waals surface area contributed by atoms with Crippen molar-refractivity contribution in [2.75, 3.05) is 12.3 Å². The highest BCUT2D eigenvalue weighted by molar-refractivity contribution is 8.01. The van der Waals surface area contributed by atoms with E-state index in [4.69, 9.17) is 5.73 Å². The van der Waals surface area contributed by atoms with Gasteiger partial charge in [-0.1, -0.05) is 0 Å². The van der Waals surface area contributed by atoms with Crippen LogP contribution in [0.3, 0.4) is 0 Å². The molecular weight excluding hydrogens is 196 g/mol. The molecule has 82 valence electrons. The van der Waals surface area contributed by atoms with Crippen molar-refractivity contribution in [2.24, 2.45) is 5.73 Å². The minimum Gasteiger partial charge on any atom is -0.349 e. The summed E-state index contributed by atoms with van der Waals surface area (Å²) in [6.45, 7) is 6.40.